The second-order valence-electron chi connectivity index (χ2n) is 6.58. The average molecular weight is 319 g/mol. The van der Waals surface area contributed by atoms with Crippen LogP contribution in [0.1, 0.15) is 51.5 Å². The number of aromatic nitrogens is 3. The maximum atomic E-state index is 12.7. The number of hydrogen-bond acceptors (Lipinski definition) is 4. The molecule has 3 heterocycles. The minimum atomic E-state index is 0.0699. The van der Waals surface area contributed by atoms with Crippen molar-refractivity contribution >= 4 is 11.8 Å². The fraction of sp³-hybridized carbons (Fsp3) is 0.750. The molecule has 2 amide bonds. The van der Waals surface area contributed by atoms with Gasteiger partial charge in [0, 0.05) is 39.0 Å². The summed E-state index contributed by atoms with van der Waals surface area (Å²) in [5.74, 6) is 0.245. The highest BCUT2D eigenvalue weighted by Gasteiger charge is 2.30. The second kappa shape index (κ2) is 7.10. The SMILES string of the molecule is CC(=O)N1CCCC[C@H]1CC(=O)N1CCC[C@H](n2cncn2)C1. The van der Waals surface area contributed by atoms with Crippen LogP contribution in [0.3, 0.4) is 0 Å². The highest BCUT2D eigenvalue weighted by atomic mass is 16.2. The van der Waals surface area contributed by atoms with Crippen molar-refractivity contribution in [2.24, 2.45) is 0 Å². The smallest absolute Gasteiger partial charge is 0.224 e. The van der Waals surface area contributed by atoms with E-state index in [0.717, 1.165) is 45.2 Å². The zero-order chi connectivity index (χ0) is 16.2. The van der Waals surface area contributed by atoms with Crippen LogP contribution in [0.5, 0.6) is 0 Å². The Labute approximate surface area is 136 Å². The van der Waals surface area contributed by atoms with Crippen molar-refractivity contribution in [1.82, 2.24) is 24.6 Å². The number of rotatable bonds is 3. The van der Waals surface area contributed by atoms with Gasteiger partial charge in [-0.05, 0) is 32.1 Å². The van der Waals surface area contributed by atoms with Crippen molar-refractivity contribution in [2.45, 2.75) is 57.5 Å². The molecule has 126 valence electrons. The normalized spacial score (nSPS) is 25.4. The van der Waals surface area contributed by atoms with Gasteiger partial charge in [0.1, 0.15) is 12.7 Å². The molecule has 0 spiro atoms. The van der Waals surface area contributed by atoms with Crippen molar-refractivity contribution < 1.29 is 9.59 Å². The molecule has 0 radical (unpaired) electrons. The summed E-state index contributed by atoms with van der Waals surface area (Å²) in [7, 11) is 0. The first-order chi connectivity index (χ1) is 11.1. The van der Waals surface area contributed by atoms with Gasteiger partial charge in [-0.1, -0.05) is 0 Å². The lowest BCUT2D eigenvalue weighted by atomic mass is 9.97. The van der Waals surface area contributed by atoms with E-state index in [-0.39, 0.29) is 23.9 Å². The van der Waals surface area contributed by atoms with Crippen LogP contribution in [-0.4, -0.2) is 62.1 Å². The number of amides is 2. The molecule has 0 aromatic carbocycles. The summed E-state index contributed by atoms with van der Waals surface area (Å²) in [4.78, 5) is 32.3. The molecule has 7 nitrogen and oxygen atoms in total. The van der Waals surface area contributed by atoms with Crippen molar-refractivity contribution in [1.29, 1.82) is 0 Å². The Bertz CT molecular complexity index is 545. The molecule has 0 bridgehead atoms. The number of likely N-dealkylation sites (tertiary alicyclic amines) is 2. The second-order valence-corrected chi connectivity index (χ2v) is 6.58. The first kappa shape index (κ1) is 16.0. The molecule has 0 aliphatic carbocycles. The van der Waals surface area contributed by atoms with E-state index in [2.05, 4.69) is 10.1 Å². The molecule has 2 aliphatic rings. The Kier molecular flexibility index (Phi) is 4.93. The molecule has 1 aromatic heterocycles. The molecule has 1 aromatic rings. The molecule has 0 saturated carbocycles. The third-order valence-corrected chi connectivity index (χ3v) is 5.00. The van der Waals surface area contributed by atoms with Gasteiger partial charge in [-0.15, -0.1) is 0 Å². The molecular weight excluding hydrogens is 294 g/mol. The minimum Gasteiger partial charge on any atom is -0.340 e. The Balaban J connectivity index is 1.60. The number of hydrogen-bond donors (Lipinski definition) is 0. The summed E-state index contributed by atoms with van der Waals surface area (Å²) in [5, 5.41) is 4.20. The third kappa shape index (κ3) is 3.71. The van der Waals surface area contributed by atoms with Crippen molar-refractivity contribution in [3.8, 4) is 0 Å². The van der Waals surface area contributed by atoms with Crippen LogP contribution in [0.2, 0.25) is 0 Å². The van der Waals surface area contributed by atoms with Gasteiger partial charge in [0.05, 0.1) is 6.04 Å². The summed E-state index contributed by atoms with van der Waals surface area (Å²) >= 11 is 0. The van der Waals surface area contributed by atoms with Gasteiger partial charge in [-0.25, -0.2) is 9.67 Å². The molecule has 2 saturated heterocycles. The summed E-state index contributed by atoms with van der Waals surface area (Å²) in [5.41, 5.74) is 0. The zero-order valence-electron chi connectivity index (χ0n) is 13.7. The zero-order valence-corrected chi connectivity index (χ0v) is 13.7. The minimum absolute atomic E-state index is 0.0699. The fourth-order valence-electron chi connectivity index (χ4n) is 3.76. The lowest BCUT2D eigenvalue weighted by Gasteiger charge is -2.37. The summed E-state index contributed by atoms with van der Waals surface area (Å²) < 4.78 is 1.85. The molecule has 2 fully saturated rings. The van der Waals surface area contributed by atoms with E-state index in [1.807, 2.05) is 14.5 Å². The van der Waals surface area contributed by atoms with Crippen LogP contribution in [0, 0.1) is 0 Å². The van der Waals surface area contributed by atoms with Crippen LogP contribution < -0.4 is 0 Å². The summed E-state index contributed by atoms with van der Waals surface area (Å²) in [6, 6.07) is 0.283. The van der Waals surface area contributed by atoms with Gasteiger partial charge in [0.15, 0.2) is 0 Å². The predicted molar refractivity (Wildman–Crippen MR) is 84.5 cm³/mol. The Hall–Kier alpha value is -1.92. The maximum absolute atomic E-state index is 12.7. The van der Waals surface area contributed by atoms with Gasteiger partial charge in [0.2, 0.25) is 11.8 Å². The standard InChI is InChI=1S/C16H25N5O2/c1-13(22)20-8-3-2-5-14(20)9-16(23)19-7-4-6-15(10-19)21-12-17-11-18-21/h11-12,14-15H,2-10H2,1H3/t14-,15-/m0/s1. The van der Waals surface area contributed by atoms with E-state index in [1.54, 1.807) is 13.3 Å². The van der Waals surface area contributed by atoms with E-state index < -0.39 is 0 Å². The molecule has 23 heavy (non-hydrogen) atoms. The molecular formula is C16H25N5O2. The van der Waals surface area contributed by atoms with Crippen molar-refractivity contribution in [3.05, 3.63) is 12.7 Å². The van der Waals surface area contributed by atoms with E-state index >= 15 is 0 Å². The van der Waals surface area contributed by atoms with Gasteiger partial charge in [-0.2, -0.15) is 5.10 Å². The number of carbonyl (C=O) groups is 2. The Morgan fingerprint density at radius 2 is 2.04 bits per heavy atom. The van der Waals surface area contributed by atoms with E-state index in [1.165, 1.54) is 6.33 Å². The molecule has 2 atom stereocenters. The van der Waals surface area contributed by atoms with Crippen LogP contribution in [0.4, 0.5) is 0 Å². The number of nitrogens with zero attached hydrogens (tertiary/aromatic N) is 5. The van der Waals surface area contributed by atoms with E-state index in [0.29, 0.717) is 13.0 Å². The first-order valence-corrected chi connectivity index (χ1v) is 8.54. The fourth-order valence-corrected chi connectivity index (χ4v) is 3.76. The number of piperidine rings is 2. The van der Waals surface area contributed by atoms with Crippen LogP contribution >= 0.6 is 0 Å². The quantitative estimate of drug-likeness (QED) is 0.840. The molecule has 2 aliphatic heterocycles. The van der Waals surface area contributed by atoms with Crippen LogP contribution in [0.25, 0.3) is 0 Å². The van der Waals surface area contributed by atoms with Gasteiger partial charge in [-0.3, -0.25) is 9.59 Å². The molecule has 0 N–H and O–H groups in total. The van der Waals surface area contributed by atoms with Crippen molar-refractivity contribution in [3.63, 3.8) is 0 Å². The topological polar surface area (TPSA) is 71.3 Å². The van der Waals surface area contributed by atoms with Crippen LogP contribution in [-0.2, 0) is 9.59 Å². The largest absolute Gasteiger partial charge is 0.340 e. The lowest BCUT2D eigenvalue weighted by Crippen LogP contribution is -2.47. The third-order valence-electron chi connectivity index (χ3n) is 5.00. The Morgan fingerprint density at radius 1 is 1.17 bits per heavy atom. The molecule has 3 rings (SSSR count). The van der Waals surface area contributed by atoms with E-state index in [9.17, 15) is 9.59 Å². The summed E-state index contributed by atoms with van der Waals surface area (Å²) in [6.07, 6.45) is 8.79. The van der Waals surface area contributed by atoms with Gasteiger partial charge < -0.3 is 9.80 Å². The van der Waals surface area contributed by atoms with Gasteiger partial charge in [0.25, 0.3) is 0 Å². The van der Waals surface area contributed by atoms with E-state index in [4.69, 9.17) is 0 Å². The van der Waals surface area contributed by atoms with Gasteiger partial charge >= 0.3 is 0 Å². The summed E-state index contributed by atoms with van der Waals surface area (Å²) in [6.45, 7) is 3.88. The lowest BCUT2D eigenvalue weighted by molar-refractivity contribution is -0.138. The molecule has 0 unspecified atom stereocenters. The average Bonchev–Trinajstić information content (AvgIpc) is 3.10. The Morgan fingerprint density at radius 3 is 2.78 bits per heavy atom. The monoisotopic (exact) mass is 319 g/mol. The van der Waals surface area contributed by atoms with Crippen LogP contribution in [0.15, 0.2) is 12.7 Å². The van der Waals surface area contributed by atoms with Crippen molar-refractivity contribution in [2.75, 3.05) is 19.6 Å². The first-order valence-electron chi connectivity index (χ1n) is 8.54. The predicted octanol–water partition coefficient (Wildman–Crippen LogP) is 1.23. The molecule has 7 heteroatoms. The maximum Gasteiger partial charge on any atom is 0.224 e. The highest BCUT2D eigenvalue weighted by Crippen LogP contribution is 2.24. The number of carbonyl (C=O) groups excluding carboxylic acids is 2. The highest BCUT2D eigenvalue weighted by molar-refractivity contribution is 5.79.